The fourth-order valence-electron chi connectivity index (χ4n) is 5.43. The molecule has 0 aliphatic carbocycles. The first-order valence-electron chi connectivity index (χ1n) is 15.1. The third-order valence-electron chi connectivity index (χ3n) is 7.77. The van der Waals surface area contributed by atoms with Gasteiger partial charge in [0.05, 0.1) is 25.2 Å². The van der Waals surface area contributed by atoms with Crippen molar-refractivity contribution in [1.29, 1.82) is 0 Å². The summed E-state index contributed by atoms with van der Waals surface area (Å²) in [4.78, 5) is 53.9. The summed E-state index contributed by atoms with van der Waals surface area (Å²) in [6, 6.07) is 11.7. The number of rotatable bonds is 16. The summed E-state index contributed by atoms with van der Waals surface area (Å²) in [6.07, 6.45) is 0.129. The van der Waals surface area contributed by atoms with Crippen LogP contribution in [0.5, 0.6) is 0 Å². The van der Waals surface area contributed by atoms with Crippen molar-refractivity contribution < 1.29 is 34.1 Å². The summed E-state index contributed by atoms with van der Waals surface area (Å²) >= 11 is 0. The van der Waals surface area contributed by atoms with Crippen LogP contribution in [0.4, 0.5) is 0 Å². The molecule has 4 atom stereocenters. The largest absolute Gasteiger partial charge is 0.479 e. The highest BCUT2D eigenvalue weighted by atomic mass is 16.5. The van der Waals surface area contributed by atoms with Crippen molar-refractivity contribution in [1.82, 2.24) is 15.5 Å². The van der Waals surface area contributed by atoms with E-state index < -0.39 is 41.9 Å². The quantitative estimate of drug-likeness (QED) is 0.182. The van der Waals surface area contributed by atoms with Gasteiger partial charge in [-0.3, -0.25) is 14.4 Å². The third-order valence-corrected chi connectivity index (χ3v) is 7.77. The number of carbonyl (C=O) groups is 4. The third kappa shape index (κ3) is 10.3. The van der Waals surface area contributed by atoms with Crippen molar-refractivity contribution in [3.63, 3.8) is 0 Å². The predicted molar refractivity (Wildman–Crippen MR) is 163 cm³/mol. The van der Waals surface area contributed by atoms with E-state index in [-0.39, 0.29) is 37.5 Å². The first-order chi connectivity index (χ1) is 20.6. The minimum Gasteiger partial charge on any atom is -0.479 e. The van der Waals surface area contributed by atoms with Crippen LogP contribution in [0, 0.1) is 11.8 Å². The predicted octanol–water partition coefficient (Wildman–Crippen LogP) is 1.84. The molecule has 2 aromatic carbocycles. The number of unbranched alkanes of at least 4 members (excludes halogenated alkanes) is 1. The molecule has 11 heteroatoms. The van der Waals surface area contributed by atoms with Gasteiger partial charge >= 0.3 is 5.97 Å². The molecule has 1 aliphatic heterocycles. The Balaban J connectivity index is 1.85. The zero-order chi connectivity index (χ0) is 31.4. The molecule has 1 heterocycles. The number of benzene rings is 2. The van der Waals surface area contributed by atoms with Gasteiger partial charge in [-0.2, -0.15) is 0 Å². The lowest BCUT2D eigenvalue weighted by atomic mass is 9.91. The highest BCUT2D eigenvalue weighted by molar-refractivity contribution is 5.92. The molecule has 0 aromatic heterocycles. The minimum atomic E-state index is -1.79. The summed E-state index contributed by atoms with van der Waals surface area (Å²) in [5.41, 5.74) is 6.58. The van der Waals surface area contributed by atoms with Crippen molar-refractivity contribution in [3.05, 3.63) is 48.0 Å². The number of nitrogens with one attached hydrogen (secondary N) is 2. The van der Waals surface area contributed by atoms with E-state index in [0.717, 1.165) is 16.3 Å². The minimum absolute atomic E-state index is 0.000793. The number of fused-ring (bicyclic) bond motifs is 1. The average Bonchev–Trinajstić information content (AvgIpc) is 2.99. The van der Waals surface area contributed by atoms with Gasteiger partial charge in [0.1, 0.15) is 6.04 Å². The monoisotopic (exact) mass is 598 g/mol. The van der Waals surface area contributed by atoms with Crippen molar-refractivity contribution in [3.8, 4) is 0 Å². The second kappa shape index (κ2) is 16.9. The van der Waals surface area contributed by atoms with Gasteiger partial charge in [0.15, 0.2) is 6.10 Å². The smallest absolute Gasteiger partial charge is 0.334 e. The number of nitrogens with two attached hydrogens (primary N) is 1. The van der Waals surface area contributed by atoms with Crippen molar-refractivity contribution in [2.24, 2.45) is 17.6 Å². The number of amides is 3. The second-order valence-electron chi connectivity index (χ2n) is 11.6. The average molecular weight is 599 g/mol. The Kier molecular flexibility index (Phi) is 13.4. The molecule has 0 spiro atoms. The Morgan fingerprint density at radius 2 is 1.67 bits per heavy atom. The number of hydrogen-bond acceptors (Lipinski definition) is 7. The van der Waals surface area contributed by atoms with Crippen LogP contribution >= 0.6 is 0 Å². The van der Waals surface area contributed by atoms with Crippen molar-refractivity contribution in [2.45, 2.75) is 70.6 Å². The maximum atomic E-state index is 13.9. The lowest BCUT2D eigenvalue weighted by Gasteiger charge is -2.29. The lowest BCUT2D eigenvalue weighted by molar-refractivity contribution is -0.149. The number of aliphatic carboxylic acids is 1. The van der Waals surface area contributed by atoms with Crippen LogP contribution in [0.3, 0.4) is 0 Å². The fraction of sp³-hybridized carbons (Fsp3) is 0.562. The zero-order valence-corrected chi connectivity index (χ0v) is 25.2. The molecule has 1 aliphatic rings. The van der Waals surface area contributed by atoms with Crippen LogP contribution in [-0.2, 0) is 30.3 Å². The van der Waals surface area contributed by atoms with Crippen molar-refractivity contribution >= 4 is 34.5 Å². The Bertz CT molecular complexity index is 1230. The molecule has 2 aromatic rings. The van der Waals surface area contributed by atoms with E-state index in [1.54, 1.807) is 4.90 Å². The van der Waals surface area contributed by atoms with Gasteiger partial charge in [0.2, 0.25) is 17.7 Å². The summed E-state index contributed by atoms with van der Waals surface area (Å²) in [5, 5.41) is 27.2. The molecule has 0 radical (unpaired) electrons. The molecule has 3 unspecified atom stereocenters. The highest BCUT2D eigenvalue weighted by Gasteiger charge is 2.33. The molecular weight excluding hydrogens is 552 g/mol. The van der Waals surface area contributed by atoms with E-state index in [4.69, 9.17) is 10.5 Å². The number of carboxylic acid groups (broad SMARTS) is 1. The zero-order valence-electron chi connectivity index (χ0n) is 25.2. The van der Waals surface area contributed by atoms with Gasteiger partial charge in [0.25, 0.3) is 0 Å². The number of ether oxygens (including phenoxy) is 1. The number of carboxylic acids is 1. The Morgan fingerprint density at radius 3 is 2.35 bits per heavy atom. The normalized spacial score (nSPS) is 16.3. The van der Waals surface area contributed by atoms with E-state index in [1.165, 1.54) is 0 Å². The summed E-state index contributed by atoms with van der Waals surface area (Å²) in [5.74, 6) is -3.38. The SMILES string of the molecule is CC(C)CC(NC(=O)C(CCCCN)NC(=O)C(CC(=O)N1CCOCC1)Cc1cccc2ccccc12)[C@H](O)C(=O)O. The van der Waals surface area contributed by atoms with Gasteiger partial charge in [-0.25, -0.2) is 4.79 Å². The Labute approximate surface area is 253 Å². The van der Waals surface area contributed by atoms with Crippen LogP contribution < -0.4 is 16.4 Å². The number of aliphatic hydroxyl groups is 1. The van der Waals surface area contributed by atoms with Crippen LogP contribution in [0.1, 0.15) is 51.5 Å². The summed E-state index contributed by atoms with van der Waals surface area (Å²) in [7, 11) is 0. The van der Waals surface area contributed by atoms with Crippen molar-refractivity contribution in [2.75, 3.05) is 32.8 Å². The van der Waals surface area contributed by atoms with Gasteiger partial charge in [0, 0.05) is 19.5 Å². The van der Waals surface area contributed by atoms with Crippen LogP contribution in [0.2, 0.25) is 0 Å². The van der Waals surface area contributed by atoms with E-state index >= 15 is 0 Å². The number of aliphatic hydroxyl groups excluding tert-OH is 1. The van der Waals surface area contributed by atoms with Gasteiger partial charge < -0.3 is 36.2 Å². The first-order valence-corrected chi connectivity index (χ1v) is 15.1. The summed E-state index contributed by atoms with van der Waals surface area (Å²) in [6.45, 7) is 5.91. The van der Waals surface area contributed by atoms with Gasteiger partial charge in [-0.1, -0.05) is 56.3 Å². The molecule has 6 N–H and O–H groups in total. The topological polar surface area (TPSA) is 171 Å². The molecule has 3 amide bonds. The number of nitrogens with zero attached hydrogens (tertiary/aromatic N) is 1. The van der Waals surface area contributed by atoms with Gasteiger partial charge in [-0.05, 0) is 60.9 Å². The Morgan fingerprint density at radius 1 is 0.977 bits per heavy atom. The molecule has 43 heavy (non-hydrogen) atoms. The number of carbonyl (C=O) groups excluding carboxylic acids is 3. The van der Waals surface area contributed by atoms with Crippen LogP contribution in [0.25, 0.3) is 10.8 Å². The van der Waals surface area contributed by atoms with Gasteiger partial charge in [-0.15, -0.1) is 0 Å². The summed E-state index contributed by atoms with van der Waals surface area (Å²) < 4.78 is 5.38. The molecule has 0 saturated carbocycles. The van der Waals surface area contributed by atoms with E-state index in [9.17, 15) is 29.4 Å². The standard InChI is InChI=1S/C32H46N4O7/c1-21(2)18-27(29(38)32(41)42)35-31(40)26(12-5-6-13-33)34-30(39)24(20-28(37)36-14-16-43-17-15-36)19-23-10-7-9-22-8-3-4-11-25(22)23/h3-4,7-11,21,24,26-27,29,38H,5-6,12-20,33H2,1-2H3,(H,34,39)(H,35,40)(H,41,42)/t24?,26?,27?,29-/m0/s1. The number of morpholine rings is 1. The molecule has 0 bridgehead atoms. The maximum Gasteiger partial charge on any atom is 0.334 e. The fourth-order valence-corrected chi connectivity index (χ4v) is 5.43. The first kappa shape index (κ1) is 34.0. The molecule has 236 valence electrons. The van der Waals surface area contributed by atoms with E-state index in [0.29, 0.717) is 45.7 Å². The van der Waals surface area contributed by atoms with E-state index in [2.05, 4.69) is 10.6 Å². The maximum absolute atomic E-state index is 13.9. The molecular formula is C32H46N4O7. The molecule has 1 saturated heterocycles. The highest BCUT2D eigenvalue weighted by Crippen LogP contribution is 2.24. The Hall–Kier alpha value is -3.54. The molecule has 3 rings (SSSR count). The number of hydrogen-bond donors (Lipinski definition) is 5. The molecule has 1 fully saturated rings. The van der Waals surface area contributed by atoms with Crippen LogP contribution in [-0.4, -0.2) is 89.8 Å². The second-order valence-corrected chi connectivity index (χ2v) is 11.6. The van der Waals surface area contributed by atoms with E-state index in [1.807, 2.05) is 56.3 Å². The lowest BCUT2D eigenvalue weighted by Crippen LogP contribution is -2.55. The van der Waals surface area contributed by atoms with Crippen LogP contribution in [0.15, 0.2) is 42.5 Å². The molecule has 11 nitrogen and oxygen atoms in total.